The number of nitrogens with zero attached hydrogens (tertiary/aromatic N) is 1. The Kier molecular flexibility index (Phi) is 11.1. The minimum absolute atomic E-state index is 0.0270. The first-order valence-corrected chi connectivity index (χ1v) is 13.4. The van der Waals surface area contributed by atoms with Crippen LogP contribution in [-0.4, -0.2) is 71.6 Å². The van der Waals surface area contributed by atoms with Crippen LogP contribution in [0.2, 0.25) is 0 Å². The molecule has 2 aromatic rings. The number of carbonyl (C=O) groups is 1. The number of ether oxygens (including phenoxy) is 6. The van der Waals surface area contributed by atoms with Crippen molar-refractivity contribution >= 4 is 23.5 Å². The van der Waals surface area contributed by atoms with Gasteiger partial charge in [0.15, 0.2) is 23.0 Å². The van der Waals surface area contributed by atoms with Crippen LogP contribution in [-0.2, 0) is 4.74 Å². The van der Waals surface area contributed by atoms with Gasteiger partial charge in [-0.1, -0.05) is 6.92 Å². The van der Waals surface area contributed by atoms with E-state index in [1.165, 1.54) is 7.11 Å². The van der Waals surface area contributed by atoms with Gasteiger partial charge in [0.05, 0.1) is 53.9 Å². The average molecular weight is 551 g/mol. The molecule has 0 aromatic heterocycles. The van der Waals surface area contributed by atoms with E-state index < -0.39 is 6.03 Å². The number of anilines is 1. The number of amides is 2. The first-order chi connectivity index (χ1) is 18.4. The zero-order chi connectivity index (χ0) is 27.7. The second kappa shape index (κ2) is 14.2. The molecule has 0 radical (unpaired) electrons. The maximum Gasteiger partial charge on any atom is 0.345 e. The van der Waals surface area contributed by atoms with Crippen LogP contribution in [0.5, 0.6) is 28.7 Å². The van der Waals surface area contributed by atoms with Crippen LogP contribution < -0.4 is 29.0 Å². The van der Waals surface area contributed by atoms with Crippen molar-refractivity contribution in [3.05, 3.63) is 35.4 Å². The highest BCUT2D eigenvalue weighted by Gasteiger charge is 2.31. The standard InChI is InChI=1S/C27H38N2O8S/c1-7-11-37-25-19(28-27(30)29(31)10-12-32-2)13-17(14-20(25)33-3)23-8-9-24(38-23)18-15-21(34-4)26(36-6)22(16-18)35-5/h13-16,23-24,31H,7-12H2,1-6H3,(H,28,30). The van der Waals surface area contributed by atoms with Gasteiger partial charge in [-0.2, -0.15) is 0 Å². The zero-order valence-corrected chi connectivity index (χ0v) is 23.7. The summed E-state index contributed by atoms with van der Waals surface area (Å²) in [4.78, 5) is 12.7. The first kappa shape index (κ1) is 29.5. The predicted molar refractivity (Wildman–Crippen MR) is 147 cm³/mol. The van der Waals surface area contributed by atoms with Crippen molar-refractivity contribution in [2.75, 3.05) is 60.6 Å². The Morgan fingerprint density at radius 1 is 0.895 bits per heavy atom. The molecule has 3 rings (SSSR count). The molecule has 2 amide bonds. The lowest BCUT2D eigenvalue weighted by molar-refractivity contribution is -0.0504. The topological polar surface area (TPSA) is 108 Å². The van der Waals surface area contributed by atoms with E-state index >= 15 is 0 Å². The number of hydrogen-bond acceptors (Lipinski definition) is 9. The molecular formula is C27H38N2O8S. The van der Waals surface area contributed by atoms with E-state index in [-0.39, 0.29) is 23.7 Å². The molecule has 10 nitrogen and oxygen atoms in total. The Hall–Kier alpha value is -3.02. The van der Waals surface area contributed by atoms with Crippen LogP contribution >= 0.6 is 11.8 Å². The van der Waals surface area contributed by atoms with Crippen LogP contribution in [0.25, 0.3) is 0 Å². The Bertz CT molecular complexity index is 1060. The minimum atomic E-state index is -0.683. The van der Waals surface area contributed by atoms with Gasteiger partial charge >= 0.3 is 6.03 Å². The highest BCUT2D eigenvalue weighted by Crippen LogP contribution is 2.56. The minimum Gasteiger partial charge on any atom is -0.493 e. The lowest BCUT2D eigenvalue weighted by atomic mass is 10.0. The molecule has 0 spiro atoms. The van der Waals surface area contributed by atoms with Crippen LogP contribution in [0, 0.1) is 0 Å². The molecular weight excluding hydrogens is 512 g/mol. The summed E-state index contributed by atoms with van der Waals surface area (Å²) in [6.07, 6.45) is 2.64. The quantitative estimate of drug-likeness (QED) is 0.240. The molecule has 1 fully saturated rings. The highest BCUT2D eigenvalue weighted by atomic mass is 32.2. The van der Waals surface area contributed by atoms with Crippen LogP contribution in [0.1, 0.15) is 47.8 Å². The van der Waals surface area contributed by atoms with E-state index in [0.29, 0.717) is 46.1 Å². The summed E-state index contributed by atoms with van der Waals surface area (Å²) in [5.41, 5.74) is 2.51. The SMILES string of the molecule is CCCOc1c(NC(=O)N(O)CCOC)cc(C2CCC(c3cc(OC)c(OC)c(OC)c3)S2)cc1OC. The van der Waals surface area contributed by atoms with Crippen molar-refractivity contribution in [1.29, 1.82) is 0 Å². The van der Waals surface area contributed by atoms with Gasteiger partial charge < -0.3 is 33.7 Å². The summed E-state index contributed by atoms with van der Waals surface area (Å²) >= 11 is 1.82. The van der Waals surface area contributed by atoms with Crippen molar-refractivity contribution in [3.63, 3.8) is 0 Å². The Labute approximate surface area is 228 Å². The van der Waals surface area contributed by atoms with Gasteiger partial charge in [0.25, 0.3) is 0 Å². The average Bonchev–Trinajstić information content (AvgIpc) is 3.44. The summed E-state index contributed by atoms with van der Waals surface area (Å²) in [6, 6.07) is 7.15. The molecule has 1 aliphatic heterocycles. The number of methoxy groups -OCH3 is 5. The number of thioether (sulfide) groups is 1. The fraction of sp³-hybridized carbons (Fsp3) is 0.519. The third-order valence-corrected chi connectivity index (χ3v) is 7.85. The summed E-state index contributed by atoms with van der Waals surface area (Å²) in [7, 11) is 7.88. The van der Waals surface area contributed by atoms with E-state index in [1.807, 2.05) is 43.0 Å². The third kappa shape index (κ3) is 6.89. The molecule has 2 aromatic carbocycles. The van der Waals surface area contributed by atoms with Crippen LogP contribution in [0.4, 0.5) is 10.5 Å². The van der Waals surface area contributed by atoms with E-state index in [9.17, 15) is 10.0 Å². The number of hydrogen-bond donors (Lipinski definition) is 2. The number of urea groups is 1. The van der Waals surface area contributed by atoms with Gasteiger partial charge in [-0.05, 0) is 54.7 Å². The molecule has 1 aliphatic rings. The number of benzene rings is 2. The molecule has 1 saturated heterocycles. The van der Waals surface area contributed by atoms with Gasteiger partial charge in [-0.25, -0.2) is 9.86 Å². The molecule has 38 heavy (non-hydrogen) atoms. The first-order valence-electron chi connectivity index (χ1n) is 12.5. The molecule has 0 bridgehead atoms. The highest BCUT2D eigenvalue weighted by molar-refractivity contribution is 8.00. The fourth-order valence-electron chi connectivity index (χ4n) is 4.28. The van der Waals surface area contributed by atoms with Crippen molar-refractivity contribution in [3.8, 4) is 28.7 Å². The Morgan fingerprint density at radius 3 is 1.95 bits per heavy atom. The number of rotatable bonds is 13. The third-order valence-electron chi connectivity index (χ3n) is 6.18. The molecule has 210 valence electrons. The van der Waals surface area contributed by atoms with Gasteiger partial charge in [-0.15, -0.1) is 11.8 Å². The van der Waals surface area contributed by atoms with Gasteiger partial charge in [0, 0.05) is 17.6 Å². The molecule has 2 N–H and O–H groups in total. The summed E-state index contributed by atoms with van der Waals surface area (Å²) in [5, 5.41) is 13.8. The predicted octanol–water partition coefficient (Wildman–Crippen LogP) is 5.69. The molecule has 1 heterocycles. The van der Waals surface area contributed by atoms with E-state index in [2.05, 4.69) is 5.32 Å². The maximum absolute atomic E-state index is 12.7. The Morgan fingerprint density at radius 2 is 1.45 bits per heavy atom. The van der Waals surface area contributed by atoms with Gasteiger partial charge in [-0.3, -0.25) is 5.21 Å². The molecule has 0 saturated carbocycles. The summed E-state index contributed by atoms with van der Waals surface area (Å²) in [5.74, 6) is 2.75. The summed E-state index contributed by atoms with van der Waals surface area (Å²) in [6.45, 7) is 2.68. The number of hydroxylamine groups is 2. The van der Waals surface area contributed by atoms with Gasteiger partial charge in [0.1, 0.15) is 0 Å². The van der Waals surface area contributed by atoms with Crippen molar-refractivity contribution < 1.29 is 38.4 Å². The fourth-order valence-corrected chi connectivity index (χ4v) is 5.81. The zero-order valence-electron chi connectivity index (χ0n) is 22.9. The van der Waals surface area contributed by atoms with Crippen molar-refractivity contribution in [2.24, 2.45) is 0 Å². The van der Waals surface area contributed by atoms with E-state index in [1.54, 1.807) is 28.4 Å². The number of carbonyl (C=O) groups excluding carboxylic acids is 1. The normalized spacial score (nSPS) is 16.6. The lowest BCUT2D eigenvalue weighted by Gasteiger charge is -2.21. The second-order valence-electron chi connectivity index (χ2n) is 8.64. The van der Waals surface area contributed by atoms with Crippen molar-refractivity contribution in [1.82, 2.24) is 5.06 Å². The van der Waals surface area contributed by atoms with Crippen LogP contribution in [0.3, 0.4) is 0 Å². The Balaban J connectivity index is 1.90. The summed E-state index contributed by atoms with van der Waals surface area (Å²) < 4.78 is 33.1. The maximum atomic E-state index is 12.7. The van der Waals surface area contributed by atoms with Crippen molar-refractivity contribution in [2.45, 2.75) is 36.7 Å². The van der Waals surface area contributed by atoms with Crippen LogP contribution in [0.15, 0.2) is 24.3 Å². The number of nitrogens with one attached hydrogen (secondary N) is 1. The largest absolute Gasteiger partial charge is 0.493 e. The molecule has 2 atom stereocenters. The smallest absolute Gasteiger partial charge is 0.345 e. The second-order valence-corrected chi connectivity index (χ2v) is 10.1. The molecule has 11 heteroatoms. The molecule has 2 unspecified atom stereocenters. The van der Waals surface area contributed by atoms with E-state index in [4.69, 9.17) is 28.4 Å². The van der Waals surface area contributed by atoms with Gasteiger partial charge in [0.2, 0.25) is 5.75 Å². The van der Waals surface area contributed by atoms with E-state index in [0.717, 1.165) is 30.4 Å². The molecule has 0 aliphatic carbocycles. The lowest BCUT2D eigenvalue weighted by Crippen LogP contribution is -2.34. The monoisotopic (exact) mass is 550 g/mol.